The highest BCUT2D eigenvalue weighted by atomic mass is 79.9. The van der Waals surface area contributed by atoms with Crippen molar-refractivity contribution >= 4 is 33.2 Å². The summed E-state index contributed by atoms with van der Waals surface area (Å²) < 4.78 is 20.7. The molecule has 0 bridgehead atoms. The van der Waals surface area contributed by atoms with Crippen molar-refractivity contribution in [3.05, 3.63) is 56.1 Å². The van der Waals surface area contributed by atoms with E-state index in [1.807, 2.05) is 0 Å². The molecular formula is C13H11BrClFN2O2. The van der Waals surface area contributed by atoms with Gasteiger partial charge in [-0.05, 0) is 28.1 Å². The summed E-state index contributed by atoms with van der Waals surface area (Å²) in [5, 5.41) is 0.0104. The van der Waals surface area contributed by atoms with Gasteiger partial charge in [-0.25, -0.2) is 4.39 Å². The van der Waals surface area contributed by atoms with Crippen molar-refractivity contribution in [3.8, 4) is 5.75 Å². The lowest BCUT2D eigenvalue weighted by Crippen LogP contribution is -2.22. The number of pyridine rings is 1. The number of hydrogen-bond acceptors (Lipinski definition) is 3. The van der Waals surface area contributed by atoms with E-state index < -0.39 is 5.82 Å². The van der Waals surface area contributed by atoms with E-state index in [2.05, 4.69) is 15.9 Å². The number of ether oxygens (including phenoxy) is 1. The van der Waals surface area contributed by atoms with Crippen LogP contribution in [0.1, 0.15) is 0 Å². The Labute approximate surface area is 128 Å². The minimum Gasteiger partial charge on any atom is -0.490 e. The number of rotatable bonds is 4. The number of nitrogens with two attached hydrogens (primary N) is 1. The fraction of sp³-hybridized carbons (Fsp3) is 0.154. The van der Waals surface area contributed by atoms with E-state index in [1.165, 1.54) is 35.0 Å². The maximum Gasteiger partial charge on any atom is 0.250 e. The Balaban J connectivity index is 2.05. The summed E-state index contributed by atoms with van der Waals surface area (Å²) in [6, 6.07) is 5.52. The molecule has 20 heavy (non-hydrogen) atoms. The van der Waals surface area contributed by atoms with Gasteiger partial charge < -0.3 is 15.0 Å². The van der Waals surface area contributed by atoms with Gasteiger partial charge in [-0.1, -0.05) is 11.6 Å². The summed E-state index contributed by atoms with van der Waals surface area (Å²) in [4.78, 5) is 11.5. The molecule has 0 saturated heterocycles. The fourth-order valence-corrected chi connectivity index (χ4v) is 2.35. The molecule has 0 amide bonds. The third kappa shape index (κ3) is 3.52. The van der Waals surface area contributed by atoms with E-state index >= 15 is 0 Å². The molecule has 1 heterocycles. The maximum absolute atomic E-state index is 13.3. The van der Waals surface area contributed by atoms with Gasteiger partial charge in [0.2, 0.25) is 0 Å². The molecule has 0 radical (unpaired) electrons. The van der Waals surface area contributed by atoms with E-state index in [4.69, 9.17) is 22.1 Å². The van der Waals surface area contributed by atoms with Gasteiger partial charge in [0.05, 0.1) is 16.0 Å². The standard InChI is InChI=1S/C13H11BrClFN2O2/c14-9-5-10(15)11(16)6-12(9)20-4-3-18-7-8(17)1-2-13(18)19/h1-2,5-7H,3-4,17H2. The SMILES string of the molecule is Nc1ccc(=O)n(CCOc2cc(F)c(Cl)cc2Br)c1. The van der Waals surface area contributed by atoms with Crippen LogP contribution in [0.2, 0.25) is 5.02 Å². The Morgan fingerprint density at radius 2 is 2.15 bits per heavy atom. The van der Waals surface area contributed by atoms with E-state index in [9.17, 15) is 9.18 Å². The van der Waals surface area contributed by atoms with Crippen LogP contribution in [-0.4, -0.2) is 11.2 Å². The average Bonchev–Trinajstić information content (AvgIpc) is 2.39. The molecule has 1 aromatic heterocycles. The van der Waals surface area contributed by atoms with E-state index in [1.54, 1.807) is 0 Å². The van der Waals surface area contributed by atoms with Crippen LogP contribution in [0.25, 0.3) is 0 Å². The van der Waals surface area contributed by atoms with Crippen molar-refractivity contribution in [1.29, 1.82) is 0 Å². The molecule has 0 aliphatic carbocycles. The molecule has 2 aromatic rings. The Kier molecular flexibility index (Phi) is 4.67. The summed E-state index contributed by atoms with van der Waals surface area (Å²) >= 11 is 8.86. The first-order chi connectivity index (χ1) is 9.47. The first kappa shape index (κ1) is 14.9. The summed E-state index contributed by atoms with van der Waals surface area (Å²) in [5.41, 5.74) is 5.91. The van der Waals surface area contributed by atoms with Gasteiger partial charge in [0.25, 0.3) is 5.56 Å². The summed E-state index contributed by atoms with van der Waals surface area (Å²) in [6.45, 7) is 0.504. The minimum absolute atomic E-state index is 0.0104. The van der Waals surface area contributed by atoms with Crippen LogP contribution in [0.4, 0.5) is 10.1 Å². The third-order valence-electron chi connectivity index (χ3n) is 2.57. The molecule has 4 nitrogen and oxygen atoms in total. The topological polar surface area (TPSA) is 57.2 Å². The highest BCUT2D eigenvalue weighted by Crippen LogP contribution is 2.30. The number of nitrogens with zero attached hydrogens (tertiary/aromatic N) is 1. The molecule has 0 unspecified atom stereocenters. The normalized spacial score (nSPS) is 10.6. The molecule has 0 spiro atoms. The van der Waals surface area contributed by atoms with Gasteiger partial charge in [0, 0.05) is 24.0 Å². The molecule has 0 aliphatic rings. The lowest BCUT2D eigenvalue weighted by molar-refractivity contribution is 0.293. The monoisotopic (exact) mass is 360 g/mol. The second kappa shape index (κ2) is 6.28. The summed E-state index contributed by atoms with van der Waals surface area (Å²) in [6.07, 6.45) is 1.53. The zero-order valence-corrected chi connectivity index (χ0v) is 12.6. The highest BCUT2D eigenvalue weighted by Gasteiger charge is 2.08. The average molecular weight is 362 g/mol. The molecule has 2 N–H and O–H groups in total. The van der Waals surface area contributed by atoms with Crippen molar-refractivity contribution in [3.63, 3.8) is 0 Å². The zero-order chi connectivity index (χ0) is 14.7. The van der Waals surface area contributed by atoms with Gasteiger partial charge in [0.15, 0.2) is 0 Å². The fourth-order valence-electron chi connectivity index (χ4n) is 1.59. The van der Waals surface area contributed by atoms with Gasteiger partial charge in [-0.3, -0.25) is 4.79 Å². The van der Waals surface area contributed by atoms with Gasteiger partial charge in [0.1, 0.15) is 18.2 Å². The third-order valence-corrected chi connectivity index (χ3v) is 3.48. The van der Waals surface area contributed by atoms with Crippen LogP contribution >= 0.6 is 27.5 Å². The van der Waals surface area contributed by atoms with Crippen molar-refractivity contribution in [2.45, 2.75) is 6.54 Å². The number of nitrogen functional groups attached to an aromatic ring is 1. The molecule has 2 rings (SSSR count). The Morgan fingerprint density at radius 3 is 2.90 bits per heavy atom. The number of aromatic nitrogens is 1. The number of hydrogen-bond donors (Lipinski definition) is 1. The summed E-state index contributed by atoms with van der Waals surface area (Å²) in [5.74, 6) is -0.241. The number of anilines is 1. The number of halogens is 3. The predicted molar refractivity (Wildman–Crippen MR) is 79.7 cm³/mol. The molecule has 0 aliphatic heterocycles. The smallest absolute Gasteiger partial charge is 0.250 e. The summed E-state index contributed by atoms with van der Waals surface area (Å²) in [7, 11) is 0. The molecule has 0 atom stereocenters. The molecule has 7 heteroatoms. The lowest BCUT2D eigenvalue weighted by Gasteiger charge is -2.10. The first-order valence-electron chi connectivity index (χ1n) is 5.70. The Bertz CT molecular complexity index is 691. The minimum atomic E-state index is -0.564. The highest BCUT2D eigenvalue weighted by molar-refractivity contribution is 9.10. The van der Waals surface area contributed by atoms with Crippen LogP contribution in [0, 0.1) is 5.82 Å². The molecular weight excluding hydrogens is 351 g/mol. The van der Waals surface area contributed by atoms with Crippen molar-refractivity contribution in [1.82, 2.24) is 4.57 Å². The van der Waals surface area contributed by atoms with E-state index in [0.29, 0.717) is 22.5 Å². The first-order valence-corrected chi connectivity index (χ1v) is 6.88. The van der Waals surface area contributed by atoms with Crippen molar-refractivity contribution in [2.75, 3.05) is 12.3 Å². The maximum atomic E-state index is 13.3. The molecule has 106 valence electrons. The van der Waals surface area contributed by atoms with Gasteiger partial charge in [-0.15, -0.1) is 0 Å². The quantitative estimate of drug-likeness (QED) is 0.852. The largest absolute Gasteiger partial charge is 0.490 e. The van der Waals surface area contributed by atoms with Crippen LogP contribution in [0.15, 0.2) is 39.7 Å². The molecule has 0 saturated carbocycles. The number of benzene rings is 1. The van der Waals surface area contributed by atoms with Crippen LogP contribution in [0.5, 0.6) is 5.75 Å². The van der Waals surface area contributed by atoms with Gasteiger partial charge >= 0.3 is 0 Å². The second-order valence-corrected chi connectivity index (χ2v) is 5.30. The van der Waals surface area contributed by atoms with Crippen LogP contribution in [-0.2, 0) is 6.54 Å². The Hall–Kier alpha value is -1.53. The van der Waals surface area contributed by atoms with E-state index in [0.717, 1.165) is 0 Å². The molecule has 0 fully saturated rings. The van der Waals surface area contributed by atoms with Crippen LogP contribution < -0.4 is 16.0 Å². The molecule has 1 aromatic carbocycles. The van der Waals surface area contributed by atoms with Crippen molar-refractivity contribution in [2.24, 2.45) is 0 Å². The van der Waals surface area contributed by atoms with Gasteiger partial charge in [-0.2, -0.15) is 0 Å². The van der Waals surface area contributed by atoms with Crippen molar-refractivity contribution < 1.29 is 9.13 Å². The Morgan fingerprint density at radius 1 is 1.40 bits per heavy atom. The second-order valence-electron chi connectivity index (χ2n) is 4.04. The van der Waals surface area contributed by atoms with E-state index in [-0.39, 0.29) is 17.2 Å². The van der Waals surface area contributed by atoms with Crippen LogP contribution in [0.3, 0.4) is 0 Å². The predicted octanol–water partition coefficient (Wildman–Crippen LogP) is 3.06. The lowest BCUT2D eigenvalue weighted by atomic mass is 10.3. The zero-order valence-electron chi connectivity index (χ0n) is 10.3.